The molecule has 0 aliphatic carbocycles. The van der Waals surface area contributed by atoms with Gasteiger partial charge in [0.15, 0.2) is 0 Å². The van der Waals surface area contributed by atoms with Gasteiger partial charge in [0.2, 0.25) is 0 Å². The molecule has 0 N–H and O–H groups in total. The van der Waals surface area contributed by atoms with Gasteiger partial charge in [-0.2, -0.15) is 0 Å². The van der Waals surface area contributed by atoms with Crippen molar-refractivity contribution in [1.29, 1.82) is 0 Å². The molecule has 1 saturated heterocycles. The number of carbonyl (C=O) groups excluding carboxylic acids is 1. The summed E-state index contributed by atoms with van der Waals surface area (Å²) in [5, 5.41) is 0.565. The molecular weight excluding hydrogens is 434 g/mol. The predicted octanol–water partition coefficient (Wildman–Crippen LogP) is 5.04. The number of nitrogens with zero attached hydrogens (tertiary/aromatic N) is 3. The lowest BCUT2D eigenvalue weighted by Crippen LogP contribution is -2.43. The van der Waals surface area contributed by atoms with Crippen molar-refractivity contribution >= 4 is 17.5 Å². The third kappa shape index (κ3) is 5.06. The van der Waals surface area contributed by atoms with Gasteiger partial charge in [-0.1, -0.05) is 48.0 Å². The standard InChI is InChI=1S/C27H28ClN3O2/c1-29-11-13-30(14-12-29)17-21-15-22-19-31(27(32)26(22)25(28)16-21)18-20-7-9-24(10-8-20)33-23-5-3-2-4-6-23/h2-10,15-16H,11-14,17-19H2,1H3. The van der Waals surface area contributed by atoms with Gasteiger partial charge in [-0.15, -0.1) is 0 Å². The summed E-state index contributed by atoms with van der Waals surface area (Å²) in [6.07, 6.45) is 0. The molecule has 3 aromatic carbocycles. The molecule has 0 radical (unpaired) electrons. The van der Waals surface area contributed by atoms with Gasteiger partial charge in [0, 0.05) is 45.8 Å². The van der Waals surface area contributed by atoms with E-state index in [1.165, 1.54) is 5.56 Å². The van der Waals surface area contributed by atoms with Crippen molar-refractivity contribution in [3.63, 3.8) is 0 Å². The molecule has 0 saturated carbocycles. The van der Waals surface area contributed by atoms with Crippen LogP contribution in [0.5, 0.6) is 11.5 Å². The van der Waals surface area contributed by atoms with Crippen LogP contribution in [0.2, 0.25) is 5.02 Å². The Morgan fingerprint density at radius 1 is 0.848 bits per heavy atom. The van der Waals surface area contributed by atoms with Gasteiger partial charge in [0.05, 0.1) is 10.6 Å². The number of carbonyl (C=O) groups is 1. The third-order valence-electron chi connectivity index (χ3n) is 6.37. The van der Waals surface area contributed by atoms with E-state index in [0.717, 1.165) is 55.3 Å². The Morgan fingerprint density at radius 2 is 1.55 bits per heavy atom. The van der Waals surface area contributed by atoms with Crippen LogP contribution in [-0.4, -0.2) is 53.8 Å². The Hall–Kier alpha value is -2.86. The summed E-state index contributed by atoms with van der Waals surface area (Å²) in [4.78, 5) is 19.7. The van der Waals surface area contributed by atoms with Crippen molar-refractivity contribution in [2.75, 3.05) is 33.2 Å². The number of benzene rings is 3. The quantitative estimate of drug-likeness (QED) is 0.515. The summed E-state index contributed by atoms with van der Waals surface area (Å²) >= 11 is 6.59. The van der Waals surface area contributed by atoms with E-state index >= 15 is 0 Å². The van der Waals surface area contributed by atoms with Crippen LogP contribution in [-0.2, 0) is 19.6 Å². The lowest BCUT2D eigenvalue weighted by atomic mass is 10.1. The van der Waals surface area contributed by atoms with Gasteiger partial charge in [0.1, 0.15) is 11.5 Å². The average molecular weight is 462 g/mol. The largest absolute Gasteiger partial charge is 0.457 e. The molecule has 5 rings (SSSR count). The Labute approximate surface area is 200 Å². The van der Waals surface area contributed by atoms with Crippen molar-refractivity contribution in [3.05, 3.63) is 94.0 Å². The van der Waals surface area contributed by atoms with Gasteiger partial charge in [-0.25, -0.2) is 0 Å². The van der Waals surface area contributed by atoms with Gasteiger partial charge in [0.25, 0.3) is 5.91 Å². The number of piperazine rings is 1. The Bertz CT molecular complexity index is 1130. The third-order valence-corrected chi connectivity index (χ3v) is 6.67. The zero-order chi connectivity index (χ0) is 22.8. The van der Waals surface area contributed by atoms with Crippen molar-refractivity contribution in [2.45, 2.75) is 19.6 Å². The van der Waals surface area contributed by atoms with Crippen LogP contribution in [0.1, 0.15) is 27.0 Å². The Balaban J connectivity index is 1.24. The number of ether oxygens (including phenoxy) is 1. The topological polar surface area (TPSA) is 36.0 Å². The summed E-state index contributed by atoms with van der Waals surface area (Å²) in [5.41, 5.74) is 3.93. The second-order valence-corrected chi connectivity index (χ2v) is 9.32. The minimum Gasteiger partial charge on any atom is -0.457 e. The van der Waals surface area contributed by atoms with Gasteiger partial charge in [-0.05, 0) is 54.1 Å². The summed E-state index contributed by atoms with van der Waals surface area (Å²) in [6.45, 7) is 6.29. The van der Waals surface area contributed by atoms with E-state index in [1.807, 2.05) is 65.6 Å². The molecule has 0 atom stereocenters. The van der Waals surface area contributed by atoms with Crippen LogP contribution in [0.25, 0.3) is 0 Å². The number of hydrogen-bond donors (Lipinski definition) is 0. The number of fused-ring (bicyclic) bond motifs is 1. The van der Waals surface area contributed by atoms with Crippen LogP contribution in [0, 0.1) is 0 Å². The first-order valence-electron chi connectivity index (χ1n) is 11.4. The van der Waals surface area contributed by atoms with E-state index in [1.54, 1.807) is 0 Å². The van der Waals surface area contributed by atoms with E-state index in [2.05, 4.69) is 22.9 Å². The highest BCUT2D eigenvalue weighted by Crippen LogP contribution is 2.32. The maximum absolute atomic E-state index is 13.1. The molecule has 1 amide bonds. The monoisotopic (exact) mass is 461 g/mol. The fourth-order valence-corrected chi connectivity index (χ4v) is 4.86. The first-order valence-corrected chi connectivity index (χ1v) is 11.8. The molecule has 0 spiro atoms. The molecule has 2 aliphatic rings. The van der Waals surface area contributed by atoms with Gasteiger partial charge in [-0.3, -0.25) is 9.69 Å². The van der Waals surface area contributed by atoms with Crippen molar-refractivity contribution in [1.82, 2.24) is 14.7 Å². The summed E-state index contributed by atoms with van der Waals surface area (Å²) in [6, 6.07) is 21.7. The lowest BCUT2D eigenvalue weighted by molar-refractivity contribution is 0.0767. The van der Waals surface area contributed by atoms with Crippen LogP contribution < -0.4 is 4.74 Å². The number of halogens is 1. The SMILES string of the molecule is CN1CCN(Cc2cc(Cl)c3c(c2)CN(Cc2ccc(Oc4ccccc4)cc2)C3=O)CC1. The molecule has 170 valence electrons. The first-order chi connectivity index (χ1) is 16.0. The number of hydrogen-bond acceptors (Lipinski definition) is 4. The summed E-state index contributed by atoms with van der Waals surface area (Å²) < 4.78 is 5.87. The maximum Gasteiger partial charge on any atom is 0.256 e. The molecule has 2 heterocycles. The minimum absolute atomic E-state index is 0.00533. The van der Waals surface area contributed by atoms with E-state index in [0.29, 0.717) is 23.7 Å². The molecule has 6 heteroatoms. The van der Waals surface area contributed by atoms with Gasteiger partial charge >= 0.3 is 0 Å². The summed E-state index contributed by atoms with van der Waals surface area (Å²) in [7, 11) is 2.16. The van der Waals surface area contributed by atoms with E-state index < -0.39 is 0 Å². The molecule has 3 aromatic rings. The second-order valence-electron chi connectivity index (χ2n) is 8.91. The van der Waals surface area contributed by atoms with Crippen molar-refractivity contribution in [3.8, 4) is 11.5 Å². The normalized spacial score (nSPS) is 16.8. The zero-order valence-corrected chi connectivity index (χ0v) is 19.6. The molecule has 0 aromatic heterocycles. The lowest BCUT2D eigenvalue weighted by Gasteiger charge is -2.32. The molecule has 33 heavy (non-hydrogen) atoms. The predicted molar refractivity (Wildman–Crippen MR) is 131 cm³/mol. The zero-order valence-electron chi connectivity index (χ0n) is 18.8. The first kappa shape index (κ1) is 22.0. The fraction of sp³-hybridized carbons (Fsp3) is 0.296. The minimum atomic E-state index is 0.00533. The average Bonchev–Trinajstić information content (AvgIpc) is 3.13. The van der Waals surface area contributed by atoms with Crippen LogP contribution in [0.4, 0.5) is 0 Å². The molecule has 5 nitrogen and oxygen atoms in total. The van der Waals surface area contributed by atoms with Gasteiger partial charge < -0.3 is 14.5 Å². The Kier molecular flexibility index (Phi) is 6.36. The van der Waals surface area contributed by atoms with Crippen molar-refractivity contribution in [2.24, 2.45) is 0 Å². The highest BCUT2D eigenvalue weighted by molar-refractivity contribution is 6.34. The fourth-order valence-electron chi connectivity index (χ4n) is 4.52. The highest BCUT2D eigenvalue weighted by Gasteiger charge is 2.30. The van der Waals surface area contributed by atoms with Crippen LogP contribution in [0.3, 0.4) is 0 Å². The maximum atomic E-state index is 13.1. The van der Waals surface area contributed by atoms with Crippen LogP contribution in [0.15, 0.2) is 66.7 Å². The number of amides is 1. The number of para-hydroxylation sites is 1. The Morgan fingerprint density at radius 3 is 2.27 bits per heavy atom. The number of rotatable bonds is 6. The molecule has 0 bridgehead atoms. The smallest absolute Gasteiger partial charge is 0.256 e. The van der Waals surface area contributed by atoms with E-state index in [4.69, 9.17) is 16.3 Å². The van der Waals surface area contributed by atoms with Crippen molar-refractivity contribution < 1.29 is 9.53 Å². The summed E-state index contributed by atoms with van der Waals surface area (Å²) in [5.74, 6) is 1.58. The highest BCUT2D eigenvalue weighted by atomic mass is 35.5. The molecule has 1 fully saturated rings. The molecular formula is C27H28ClN3O2. The molecule has 2 aliphatic heterocycles. The number of likely N-dealkylation sites (N-methyl/N-ethyl adjacent to an activating group) is 1. The van der Waals surface area contributed by atoms with E-state index in [9.17, 15) is 4.79 Å². The van der Waals surface area contributed by atoms with Crippen LogP contribution >= 0.6 is 11.6 Å². The molecule has 0 unspecified atom stereocenters. The van der Waals surface area contributed by atoms with E-state index in [-0.39, 0.29) is 5.91 Å². The second kappa shape index (κ2) is 9.56.